The maximum absolute atomic E-state index is 12.5. The zero-order valence-corrected chi connectivity index (χ0v) is 14.4. The lowest BCUT2D eigenvalue weighted by atomic mass is 10.1. The van der Waals surface area contributed by atoms with Crippen LogP contribution in [0.1, 0.15) is 10.6 Å². The molecule has 4 aromatic rings. The standard InChI is InChI=1S/C21H15NO5/c1-25-15-7-4-13(5-8-15)20-12-17(23)16-11-14(6-9-18(16)27-20)22-21(24)19-3-2-10-26-19/h2-12H,1H3,(H,22,24). The Bertz CT molecular complexity index is 1160. The lowest BCUT2D eigenvalue weighted by Crippen LogP contribution is -2.11. The first-order valence-corrected chi connectivity index (χ1v) is 8.21. The molecule has 0 unspecified atom stereocenters. The van der Waals surface area contributed by atoms with E-state index in [1.54, 1.807) is 49.6 Å². The van der Waals surface area contributed by atoms with E-state index in [0.29, 0.717) is 22.4 Å². The number of amides is 1. The van der Waals surface area contributed by atoms with Crippen molar-refractivity contribution in [2.45, 2.75) is 0 Å². The molecule has 0 aliphatic heterocycles. The molecule has 1 amide bonds. The summed E-state index contributed by atoms with van der Waals surface area (Å²) in [6.45, 7) is 0. The van der Waals surface area contributed by atoms with E-state index in [1.165, 1.54) is 12.3 Å². The Morgan fingerprint density at radius 3 is 2.56 bits per heavy atom. The van der Waals surface area contributed by atoms with Crippen LogP contribution in [-0.4, -0.2) is 13.0 Å². The molecule has 0 bridgehead atoms. The van der Waals surface area contributed by atoms with Crippen LogP contribution in [0, 0.1) is 0 Å². The number of hydrogen-bond donors (Lipinski definition) is 1. The number of carbonyl (C=O) groups is 1. The molecule has 6 heteroatoms. The van der Waals surface area contributed by atoms with Crippen LogP contribution in [0.4, 0.5) is 5.69 Å². The third-order valence-corrected chi connectivity index (χ3v) is 4.10. The number of fused-ring (bicyclic) bond motifs is 1. The molecule has 0 fully saturated rings. The number of rotatable bonds is 4. The van der Waals surface area contributed by atoms with Gasteiger partial charge < -0.3 is 18.9 Å². The molecule has 4 rings (SSSR count). The second-order valence-corrected chi connectivity index (χ2v) is 5.85. The SMILES string of the molecule is COc1ccc(-c2cc(=O)c3cc(NC(=O)c4ccco4)ccc3o2)cc1. The second-order valence-electron chi connectivity index (χ2n) is 5.85. The van der Waals surface area contributed by atoms with Crippen molar-refractivity contribution in [3.8, 4) is 17.1 Å². The molecule has 0 atom stereocenters. The summed E-state index contributed by atoms with van der Waals surface area (Å²) in [6, 6.07) is 16.8. The Labute approximate surface area is 154 Å². The summed E-state index contributed by atoms with van der Waals surface area (Å²) in [4.78, 5) is 24.6. The van der Waals surface area contributed by atoms with Gasteiger partial charge in [0.25, 0.3) is 5.91 Å². The van der Waals surface area contributed by atoms with E-state index in [9.17, 15) is 9.59 Å². The van der Waals surface area contributed by atoms with E-state index in [-0.39, 0.29) is 11.2 Å². The van der Waals surface area contributed by atoms with Gasteiger partial charge in [-0.1, -0.05) is 0 Å². The van der Waals surface area contributed by atoms with Gasteiger partial charge in [0.15, 0.2) is 11.2 Å². The van der Waals surface area contributed by atoms with Gasteiger partial charge in [0.2, 0.25) is 0 Å². The van der Waals surface area contributed by atoms with Gasteiger partial charge in [-0.2, -0.15) is 0 Å². The summed E-state index contributed by atoms with van der Waals surface area (Å²) in [5.74, 6) is 0.983. The van der Waals surface area contributed by atoms with Crippen molar-refractivity contribution in [1.29, 1.82) is 0 Å². The highest BCUT2D eigenvalue weighted by molar-refractivity contribution is 6.03. The fourth-order valence-electron chi connectivity index (χ4n) is 2.73. The number of anilines is 1. The maximum atomic E-state index is 12.5. The molecule has 134 valence electrons. The van der Waals surface area contributed by atoms with Crippen molar-refractivity contribution in [3.05, 3.63) is 82.9 Å². The summed E-state index contributed by atoms with van der Waals surface area (Å²) in [5.41, 5.74) is 1.49. The van der Waals surface area contributed by atoms with Crippen molar-refractivity contribution in [2.24, 2.45) is 0 Å². The highest BCUT2D eigenvalue weighted by Gasteiger charge is 2.11. The number of ether oxygens (including phenoxy) is 1. The smallest absolute Gasteiger partial charge is 0.291 e. The minimum Gasteiger partial charge on any atom is -0.497 e. The summed E-state index contributed by atoms with van der Waals surface area (Å²) in [6.07, 6.45) is 1.42. The summed E-state index contributed by atoms with van der Waals surface area (Å²) >= 11 is 0. The number of hydrogen-bond acceptors (Lipinski definition) is 5. The molecule has 0 aliphatic carbocycles. The van der Waals surface area contributed by atoms with E-state index in [1.807, 2.05) is 12.1 Å². The Morgan fingerprint density at radius 2 is 1.85 bits per heavy atom. The van der Waals surface area contributed by atoms with Crippen molar-refractivity contribution in [1.82, 2.24) is 0 Å². The van der Waals surface area contributed by atoms with Crippen LogP contribution in [0.15, 0.2) is 80.6 Å². The Kier molecular flexibility index (Phi) is 4.22. The van der Waals surface area contributed by atoms with Crippen molar-refractivity contribution < 1.29 is 18.4 Å². The van der Waals surface area contributed by atoms with Crippen LogP contribution in [0.3, 0.4) is 0 Å². The van der Waals surface area contributed by atoms with Gasteiger partial charge >= 0.3 is 0 Å². The average Bonchev–Trinajstić information content (AvgIpc) is 3.23. The highest BCUT2D eigenvalue weighted by Crippen LogP contribution is 2.25. The first-order chi connectivity index (χ1) is 13.1. The summed E-state index contributed by atoms with van der Waals surface area (Å²) in [7, 11) is 1.59. The topological polar surface area (TPSA) is 81.7 Å². The van der Waals surface area contributed by atoms with Gasteiger partial charge in [-0.3, -0.25) is 9.59 Å². The van der Waals surface area contributed by atoms with Crippen LogP contribution >= 0.6 is 0 Å². The van der Waals surface area contributed by atoms with Crippen LogP contribution in [0.5, 0.6) is 5.75 Å². The number of methoxy groups -OCH3 is 1. The van der Waals surface area contributed by atoms with Crippen molar-refractivity contribution >= 4 is 22.6 Å². The molecule has 2 aromatic carbocycles. The van der Waals surface area contributed by atoms with Gasteiger partial charge in [-0.05, 0) is 54.6 Å². The molecule has 0 radical (unpaired) electrons. The quantitative estimate of drug-likeness (QED) is 0.586. The predicted octanol–water partition coefficient (Wildman–Crippen LogP) is 4.31. The van der Waals surface area contributed by atoms with Gasteiger partial charge in [0.05, 0.1) is 18.8 Å². The van der Waals surface area contributed by atoms with E-state index in [4.69, 9.17) is 13.6 Å². The van der Waals surface area contributed by atoms with E-state index >= 15 is 0 Å². The molecule has 0 saturated carbocycles. The van der Waals surface area contributed by atoms with E-state index in [2.05, 4.69) is 5.32 Å². The molecular weight excluding hydrogens is 346 g/mol. The van der Waals surface area contributed by atoms with Crippen LogP contribution in [-0.2, 0) is 0 Å². The monoisotopic (exact) mass is 361 g/mol. The Morgan fingerprint density at radius 1 is 1.04 bits per heavy atom. The van der Waals surface area contributed by atoms with Gasteiger partial charge in [-0.25, -0.2) is 0 Å². The van der Waals surface area contributed by atoms with E-state index in [0.717, 1.165) is 11.3 Å². The molecule has 2 heterocycles. The van der Waals surface area contributed by atoms with Crippen LogP contribution < -0.4 is 15.5 Å². The van der Waals surface area contributed by atoms with Crippen LogP contribution in [0.25, 0.3) is 22.3 Å². The number of nitrogens with one attached hydrogen (secondary N) is 1. The van der Waals surface area contributed by atoms with Gasteiger partial charge in [-0.15, -0.1) is 0 Å². The molecule has 2 aromatic heterocycles. The first-order valence-electron chi connectivity index (χ1n) is 8.21. The lowest BCUT2D eigenvalue weighted by Gasteiger charge is -2.07. The third-order valence-electron chi connectivity index (χ3n) is 4.10. The number of carbonyl (C=O) groups excluding carboxylic acids is 1. The van der Waals surface area contributed by atoms with E-state index < -0.39 is 5.91 Å². The average molecular weight is 361 g/mol. The first kappa shape index (κ1) is 16.7. The maximum Gasteiger partial charge on any atom is 0.291 e. The van der Waals surface area contributed by atoms with Crippen molar-refractivity contribution in [3.63, 3.8) is 0 Å². The molecule has 0 aliphatic rings. The summed E-state index contributed by atoms with van der Waals surface area (Å²) < 4.78 is 16.1. The zero-order valence-electron chi connectivity index (χ0n) is 14.4. The molecular formula is C21H15NO5. The number of benzene rings is 2. The highest BCUT2D eigenvalue weighted by atomic mass is 16.5. The molecule has 6 nitrogen and oxygen atoms in total. The zero-order chi connectivity index (χ0) is 18.8. The largest absolute Gasteiger partial charge is 0.497 e. The fraction of sp³-hybridized carbons (Fsp3) is 0.0476. The summed E-state index contributed by atoms with van der Waals surface area (Å²) in [5, 5.41) is 3.07. The van der Waals surface area contributed by atoms with Crippen LogP contribution in [0.2, 0.25) is 0 Å². The molecule has 0 spiro atoms. The van der Waals surface area contributed by atoms with Crippen molar-refractivity contribution in [2.75, 3.05) is 12.4 Å². The molecule has 0 saturated heterocycles. The number of furan rings is 1. The predicted molar refractivity (Wildman–Crippen MR) is 101 cm³/mol. The fourth-order valence-corrected chi connectivity index (χ4v) is 2.73. The Balaban J connectivity index is 1.67. The Hall–Kier alpha value is -3.80. The lowest BCUT2D eigenvalue weighted by molar-refractivity contribution is 0.0996. The minimum absolute atomic E-state index is 0.192. The minimum atomic E-state index is -0.390. The third kappa shape index (κ3) is 3.32. The molecule has 1 N–H and O–H groups in total. The van der Waals surface area contributed by atoms with Gasteiger partial charge in [0.1, 0.15) is 17.1 Å². The van der Waals surface area contributed by atoms with Gasteiger partial charge in [0, 0.05) is 17.3 Å². The molecule has 27 heavy (non-hydrogen) atoms. The normalized spacial score (nSPS) is 10.7. The second kappa shape index (κ2) is 6.84.